The van der Waals surface area contributed by atoms with Crippen molar-refractivity contribution in [1.29, 1.82) is 0 Å². The summed E-state index contributed by atoms with van der Waals surface area (Å²) in [5.74, 6) is 2.59. The van der Waals surface area contributed by atoms with Crippen molar-refractivity contribution in [3.8, 4) is 0 Å². The zero-order chi connectivity index (χ0) is 49.0. The number of aromatic nitrogens is 10. The summed E-state index contributed by atoms with van der Waals surface area (Å²) in [6.07, 6.45) is 8.83. The number of ether oxygens (including phenoxy) is 6. The minimum atomic E-state index is -3.73. The summed E-state index contributed by atoms with van der Waals surface area (Å²) >= 11 is 11.9. The van der Waals surface area contributed by atoms with Gasteiger partial charge in [0, 0.05) is 64.1 Å². The minimum absolute atomic E-state index is 0.0928. The molecule has 0 N–H and O–H groups in total. The average molecular weight is 1030 g/mol. The van der Waals surface area contributed by atoms with E-state index in [9.17, 15) is 16.8 Å². The van der Waals surface area contributed by atoms with Gasteiger partial charge in [0.05, 0.1) is 70.3 Å². The highest BCUT2D eigenvalue weighted by Gasteiger charge is 2.51. The second-order valence-electron chi connectivity index (χ2n) is 18.8. The molecular formula is C44H64Cl2N10O10S2. The molecule has 4 aromatic rings. The van der Waals surface area contributed by atoms with Crippen molar-refractivity contribution in [2.24, 2.45) is 0 Å². The maximum absolute atomic E-state index is 13.7. The van der Waals surface area contributed by atoms with Gasteiger partial charge in [0.1, 0.15) is 47.0 Å². The third kappa shape index (κ3) is 12.0. The van der Waals surface area contributed by atoms with E-state index in [4.69, 9.17) is 51.6 Å². The Morgan fingerprint density at radius 2 is 0.971 bits per heavy atom. The molecule has 4 aromatic heterocycles. The van der Waals surface area contributed by atoms with Gasteiger partial charge in [-0.2, -0.15) is 0 Å². The van der Waals surface area contributed by atoms with Crippen LogP contribution >= 0.6 is 23.2 Å². The van der Waals surface area contributed by atoms with Crippen LogP contribution in [0.4, 0.5) is 0 Å². The van der Waals surface area contributed by atoms with Crippen molar-refractivity contribution < 1.29 is 45.3 Å². The molecule has 0 spiro atoms. The molecule has 2 saturated carbocycles. The van der Waals surface area contributed by atoms with Gasteiger partial charge in [-0.15, -0.1) is 20.4 Å². The molecule has 2 aliphatic heterocycles. The molecule has 2 aliphatic carbocycles. The predicted octanol–water partition coefficient (Wildman–Crippen LogP) is 5.66. The lowest BCUT2D eigenvalue weighted by Crippen LogP contribution is -2.34. The maximum atomic E-state index is 13.7. The van der Waals surface area contributed by atoms with E-state index in [1.165, 1.54) is 24.8 Å². The molecule has 0 radical (unpaired) electrons. The summed E-state index contributed by atoms with van der Waals surface area (Å²) in [5, 5.41) is 16.5. The van der Waals surface area contributed by atoms with E-state index in [1.807, 2.05) is 36.8 Å². The largest absolute Gasteiger partial charge is 0.382 e. The van der Waals surface area contributed by atoms with Crippen molar-refractivity contribution in [2.45, 2.75) is 149 Å². The lowest BCUT2D eigenvalue weighted by molar-refractivity contribution is 0.00121. The summed E-state index contributed by atoms with van der Waals surface area (Å²) in [7, 11) is -4.15. The molecule has 8 rings (SSSR count). The quantitative estimate of drug-likeness (QED) is 0.0923. The van der Waals surface area contributed by atoms with E-state index in [2.05, 4.69) is 40.3 Å². The third-order valence-corrected chi connectivity index (χ3v) is 17.3. The van der Waals surface area contributed by atoms with Crippen molar-refractivity contribution in [1.82, 2.24) is 49.5 Å². The fraction of sp³-hybridized carbons (Fsp3) is 0.727. The molecule has 0 aromatic carbocycles. The van der Waals surface area contributed by atoms with E-state index < -0.39 is 42.4 Å². The molecule has 4 aliphatic rings. The Labute approximate surface area is 408 Å². The van der Waals surface area contributed by atoms with Gasteiger partial charge >= 0.3 is 0 Å². The maximum Gasteiger partial charge on any atom is 0.163 e. The SMILES string of the molecule is COCC1(n2c(CS(=O)(=O)[C@@H](C)[C@@H](OC(C)C)c3ncc(Cl)cn3)nnc2[C@@H]2CCOC2)CC1.COCC1(n2c(CS(=O)(=O)[C@@H](C)[C@@H](OC(C)C)c3ncc(Cl)cn3)nnc2[C@H]2CCOC2)CC1. The van der Waals surface area contributed by atoms with Crippen molar-refractivity contribution in [2.75, 3.05) is 53.9 Å². The van der Waals surface area contributed by atoms with Crippen LogP contribution in [0.3, 0.4) is 0 Å². The van der Waals surface area contributed by atoms with Crippen LogP contribution in [0, 0.1) is 0 Å². The van der Waals surface area contributed by atoms with Crippen molar-refractivity contribution in [3.05, 3.63) is 69.8 Å². The highest BCUT2D eigenvalue weighted by Crippen LogP contribution is 2.48. The molecule has 20 nitrogen and oxygen atoms in total. The zero-order valence-corrected chi connectivity index (χ0v) is 43.1. The molecule has 0 bridgehead atoms. The molecule has 68 heavy (non-hydrogen) atoms. The van der Waals surface area contributed by atoms with E-state index in [1.54, 1.807) is 28.1 Å². The van der Waals surface area contributed by atoms with Gasteiger partial charge in [-0.25, -0.2) is 36.8 Å². The van der Waals surface area contributed by atoms with Gasteiger partial charge in [0.2, 0.25) is 0 Å². The smallest absolute Gasteiger partial charge is 0.163 e. The molecule has 376 valence electrons. The number of halogens is 2. The normalized spacial score (nSPS) is 21.6. The second-order valence-corrected chi connectivity index (χ2v) is 24.4. The van der Waals surface area contributed by atoms with Crippen molar-refractivity contribution >= 4 is 42.9 Å². The van der Waals surface area contributed by atoms with E-state index >= 15 is 0 Å². The summed E-state index contributed by atoms with van der Waals surface area (Å²) in [5.41, 5.74) is -0.616. The fourth-order valence-electron chi connectivity index (χ4n) is 8.86. The predicted molar refractivity (Wildman–Crippen MR) is 251 cm³/mol. The fourth-order valence-corrected chi connectivity index (χ4v) is 11.8. The number of hydrogen-bond donors (Lipinski definition) is 0. The van der Waals surface area contributed by atoms with Crippen LogP contribution in [0.25, 0.3) is 0 Å². The Morgan fingerprint density at radius 1 is 0.618 bits per heavy atom. The number of hydrogen-bond acceptors (Lipinski definition) is 18. The minimum Gasteiger partial charge on any atom is -0.382 e. The molecular weight excluding hydrogens is 964 g/mol. The van der Waals surface area contributed by atoms with E-state index in [0.29, 0.717) is 61.3 Å². The average Bonchev–Trinajstić information content (AvgIpc) is 3.81. The Morgan fingerprint density at radius 3 is 1.25 bits per heavy atom. The van der Waals surface area contributed by atoms with Gasteiger partial charge in [-0.3, -0.25) is 0 Å². The Kier molecular flexibility index (Phi) is 17.0. The summed E-state index contributed by atoms with van der Waals surface area (Å²) in [6, 6.07) is 0. The van der Waals surface area contributed by atoms with Crippen LogP contribution in [0.5, 0.6) is 0 Å². The topological polar surface area (TPSA) is 237 Å². The first-order valence-corrected chi connectivity index (χ1v) is 27.2. The summed E-state index contributed by atoms with van der Waals surface area (Å²) in [6.45, 7) is 14.0. The number of nitrogens with zero attached hydrogens (tertiary/aromatic N) is 10. The molecule has 6 heterocycles. The van der Waals surface area contributed by atoms with Crippen LogP contribution in [-0.4, -0.2) is 143 Å². The van der Waals surface area contributed by atoms with Crippen LogP contribution in [0.2, 0.25) is 10.0 Å². The van der Waals surface area contributed by atoms with Crippen LogP contribution in [0.15, 0.2) is 24.8 Å². The van der Waals surface area contributed by atoms with Gasteiger partial charge in [0.15, 0.2) is 31.3 Å². The Bertz CT molecular complexity index is 2340. The second kappa shape index (κ2) is 22.0. The zero-order valence-electron chi connectivity index (χ0n) is 40.0. The first-order chi connectivity index (χ1) is 32.3. The number of rotatable bonds is 22. The van der Waals surface area contributed by atoms with Crippen molar-refractivity contribution in [3.63, 3.8) is 0 Å². The Hall–Kier alpha value is -3.32. The van der Waals surface area contributed by atoms with Crippen LogP contribution in [0.1, 0.15) is 139 Å². The van der Waals surface area contributed by atoms with Gasteiger partial charge in [-0.1, -0.05) is 23.2 Å². The highest BCUT2D eigenvalue weighted by molar-refractivity contribution is 7.91. The molecule has 6 atom stereocenters. The van der Waals surface area contributed by atoms with E-state index in [-0.39, 0.29) is 58.3 Å². The van der Waals surface area contributed by atoms with Gasteiger partial charge in [-0.05, 0) is 80.1 Å². The summed E-state index contributed by atoms with van der Waals surface area (Å²) in [4.78, 5) is 16.9. The van der Waals surface area contributed by atoms with Gasteiger partial charge < -0.3 is 37.6 Å². The lowest BCUT2D eigenvalue weighted by atomic mass is 10.1. The molecule has 24 heteroatoms. The summed E-state index contributed by atoms with van der Waals surface area (Å²) < 4.78 is 92.7. The molecule has 0 unspecified atom stereocenters. The molecule has 4 fully saturated rings. The first-order valence-electron chi connectivity index (χ1n) is 23.0. The molecule has 0 amide bonds. The first kappa shape index (κ1) is 52.5. The highest BCUT2D eigenvalue weighted by atomic mass is 35.5. The standard InChI is InChI=1S/2C22H32ClN5O5S/c2*1-14(2)33-19(20-24-9-17(23)10-25-20)15(3)34(29,30)12-18-26-27-21(16-5-8-32-11-16)28(18)22(6-7-22)13-31-4/h2*9-10,14-16,19H,5-8,11-13H2,1-4H3/t15-,16+,19+;15-,16-,19+/m00/s1. The Balaban J connectivity index is 0.000000201. The number of methoxy groups -OCH3 is 2. The monoisotopic (exact) mass is 1030 g/mol. The third-order valence-electron chi connectivity index (χ3n) is 12.8. The van der Waals surface area contributed by atoms with Gasteiger partial charge in [0.25, 0.3) is 0 Å². The van der Waals surface area contributed by atoms with Crippen LogP contribution in [-0.2, 0) is 70.7 Å². The van der Waals surface area contributed by atoms with Crippen LogP contribution < -0.4 is 0 Å². The lowest BCUT2D eigenvalue weighted by Gasteiger charge is -2.26. The van der Waals surface area contributed by atoms with E-state index in [0.717, 1.165) is 50.2 Å². The number of sulfone groups is 2. The molecule has 2 saturated heterocycles.